The van der Waals surface area contributed by atoms with Gasteiger partial charge in [0, 0.05) is 23.6 Å². The van der Waals surface area contributed by atoms with Crippen LogP contribution in [0.1, 0.15) is 37.8 Å². The lowest BCUT2D eigenvalue weighted by Gasteiger charge is -2.33. The Hall–Kier alpha value is -1.62. The average Bonchev–Trinajstić information content (AvgIpc) is 2.58. The summed E-state index contributed by atoms with van der Waals surface area (Å²) < 4.78 is 14.2. The Labute approximate surface area is 127 Å². The molecule has 0 saturated carbocycles. The first-order chi connectivity index (χ1) is 9.97. The number of halogens is 2. The molecule has 4 nitrogen and oxygen atoms in total. The molecule has 1 fully saturated rings. The van der Waals surface area contributed by atoms with E-state index in [-0.39, 0.29) is 22.9 Å². The van der Waals surface area contributed by atoms with Crippen molar-refractivity contribution in [1.29, 1.82) is 0 Å². The average molecular weight is 314 g/mol. The molecule has 1 amide bonds. The molecule has 1 heterocycles. The molecular weight excluding hydrogens is 297 g/mol. The van der Waals surface area contributed by atoms with E-state index in [0.29, 0.717) is 19.4 Å². The van der Waals surface area contributed by atoms with Gasteiger partial charge in [0.2, 0.25) is 5.91 Å². The van der Waals surface area contributed by atoms with Gasteiger partial charge in [-0.3, -0.25) is 9.59 Å². The zero-order chi connectivity index (χ0) is 15.6. The van der Waals surface area contributed by atoms with Crippen LogP contribution >= 0.6 is 11.6 Å². The second kappa shape index (κ2) is 6.43. The van der Waals surface area contributed by atoms with E-state index in [0.717, 1.165) is 0 Å². The molecule has 0 spiro atoms. The largest absolute Gasteiger partial charge is 0.481 e. The highest BCUT2D eigenvalue weighted by molar-refractivity contribution is 6.31. The van der Waals surface area contributed by atoms with E-state index in [1.807, 2.05) is 0 Å². The molecule has 1 saturated heterocycles. The van der Waals surface area contributed by atoms with E-state index in [1.54, 1.807) is 6.92 Å². The number of carbonyl (C=O) groups excluding carboxylic acids is 1. The number of hydrogen-bond donors (Lipinski definition) is 1. The highest BCUT2D eigenvalue weighted by Gasteiger charge is 2.40. The third kappa shape index (κ3) is 3.02. The number of hydrogen-bond acceptors (Lipinski definition) is 2. The highest BCUT2D eigenvalue weighted by Crippen LogP contribution is 2.40. The highest BCUT2D eigenvalue weighted by atomic mass is 35.5. The Morgan fingerprint density at radius 2 is 2.24 bits per heavy atom. The molecule has 2 rings (SSSR count). The normalized spacial score (nSPS) is 23.0. The molecule has 2 unspecified atom stereocenters. The fourth-order valence-electron chi connectivity index (χ4n) is 2.93. The van der Waals surface area contributed by atoms with E-state index in [9.17, 15) is 19.1 Å². The molecule has 1 aliphatic heterocycles. The fourth-order valence-corrected chi connectivity index (χ4v) is 3.20. The van der Waals surface area contributed by atoms with Gasteiger partial charge in [0.05, 0.1) is 12.0 Å². The van der Waals surface area contributed by atoms with Crippen molar-refractivity contribution in [2.75, 3.05) is 6.54 Å². The molecule has 1 aromatic rings. The van der Waals surface area contributed by atoms with Crippen molar-refractivity contribution in [3.05, 3.63) is 34.6 Å². The van der Waals surface area contributed by atoms with Gasteiger partial charge in [0.15, 0.2) is 0 Å². The van der Waals surface area contributed by atoms with Gasteiger partial charge in [-0.2, -0.15) is 0 Å². The maximum atomic E-state index is 14.2. The predicted octanol–water partition coefficient (Wildman–Crippen LogP) is 3.25. The predicted molar refractivity (Wildman–Crippen MR) is 76.5 cm³/mol. The van der Waals surface area contributed by atoms with Crippen LogP contribution in [0.25, 0.3) is 0 Å². The molecule has 114 valence electrons. The van der Waals surface area contributed by atoms with Crippen LogP contribution in [-0.2, 0) is 9.59 Å². The number of carboxylic acid groups (broad SMARTS) is 1. The summed E-state index contributed by atoms with van der Waals surface area (Å²) in [5, 5.41) is 9.63. The van der Waals surface area contributed by atoms with Crippen molar-refractivity contribution < 1.29 is 19.1 Å². The minimum absolute atomic E-state index is 0.101. The summed E-state index contributed by atoms with van der Waals surface area (Å²) in [5.74, 6) is -2.63. The van der Waals surface area contributed by atoms with Gasteiger partial charge in [-0.15, -0.1) is 0 Å². The molecule has 1 aliphatic rings. The maximum absolute atomic E-state index is 14.2. The molecule has 0 aromatic heterocycles. The molecule has 1 aromatic carbocycles. The van der Waals surface area contributed by atoms with Gasteiger partial charge in [-0.25, -0.2) is 4.39 Å². The van der Waals surface area contributed by atoms with Crippen LogP contribution in [0.3, 0.4) is 0 Å². The van der Waals surface area contributed by atoms with Crippen LogP contribution in [0.4, 0.5) is 4.39 Å². The summed E-state index contributed by atoms with van der Waals surface area (Å²) in [5.41, 5.74) is 0.101. The van der Waals surface area contributed by atoms with Gasteiger partial charge < -0.3 is 10.0 Å². The number of rotatable bonds is 3. The zero-order valence-corrected chi connectivity index (χ0v) is 12.4. The van der Waals surface area contributed by atoms with Crippen molar-refractivity contribution in [1.82, 2.24) is 4.90 Å². The first-order valence-corrected chi connectivity index (χ1v) is 7.31. The van der Waals surface area contributed by atoms with Crippen molar-refractivity contribution in [2.24, 2.45) is 5.92 Å². The molecule has 1 N–H and O–H groups in total. The first-order valence-electron chi connectivity index (χ1n) is 6.93. The number of benzene rings is 1. The van der Waals surface area contributed by atoms with Gasteiger partial charge in [-0.1, -0.05) is 17.7 Å². The first kappa shape index (κ1) is 15.8. The summed E-state index contributed by atoms with van der Waals surface area (Å²) in [6.45, 7) is 2.07. The molecule has 21 heavy (non-hydrogen) atoms. The third-order valence-corrected chi connectivity index (χ3v) is 4.23. The molecule has 0 bridgehead atoms. The Morgan fingerprint density at radius 1 is 1.52 bits per heavy atom. The summed E-state index contributed by atoms with van der Waals surface area (Å²) >= 11 is 6.09. The number of aliphatic carboxylic acids is 1. The second-order valence-electron chi connectivity index (χ2n) is 5.10. The Morgan fingerprint density at radius 3 is 2.81 bits per heavy atom. The van der Waals surface area contributed by atoms with Crippen LogP contribution in [0, 0.1) is 11.7 Å². The number of nitrogens with zero attached hydrogens (tertiary/aromatic N) is 1. The second-order valence-corrected chi connectivity index (χ2v) is 5.50. The lowest BCUT2D eigenvalue weighted by atomic mass is 9.89. The summed E-state index contributed by atoms with van der Waals surface area (Å²) in [6, 6.07) is 3.35. The van der Waals surface area contributed by atoms with Gasteiger partial charge in [0.25, 0.3) is 0 Å². The van der Waals surface area contributed by atoms with Gasteiger partial charge in [0.1, 0.15) is 5.82 Å². The van der Waals surface area contributed by atoms with Gasteiger partial charge >= 0.3 is 5.97 Å². The Kier molecular flexibility index (Phi) is 4.83. The van der Waals surface area contributed by atoms with Crippen molar-refractivity contribution in [3.63, 3.8) is 0 Å². The van der Waals surface area contributed by atoms with Crippen LogP contribution in [-0.4, -0.2) is 28.4 Å². The number of amides is 1. The summed E-state index contributed by atoms with van der Waals surface area (Å²) in [6.07, 6.45) is 1.09. The summed E-state index contributed by atoms with van der Waals surface area (Å²) in [4.78, 5) is 25.2. The minimum Gasteiger partial charge on any atom is -0.481 e. The lowest BCUT2D eigenvalue weighted by Crippen LogP contribution is -2.39. The van der Waals surface area contributed by atoms with Crippen LogP contribution in [0.5, 0.6) is 0 Å². The van der Waals surface area contributed by atoms with E-state index in [2.05, 4.69) is 0 Å². The third-order valence-electron chi connectivity index (χ3n) is 3.90. The van der Waals surface area contributed by atoms with Crippen LogP contribution < -0.4 is 0 Å². The topological polar surface area (TPSA) is 57.6 Å². The zero-order valence-electron chi connectivity index (χ0n) is 11.7. The SMILES string of the molecule is CCN1C(=O)CCCC(C(=O)O)C1c1c(F)cccc1Cl. The monoisotopic (exact) mass is 313 g/mol. The van der Waals surface area contributed by atoms with E-state index in [4.69, 9.17) is 11.6 Å². The molecule has 0 aliphatic carbocycles. The molecule has 6 heteroatoms. The maximum Gasteiger partial charge on any atom is 0.308 e. The van der Waals surface area contributed by atoms with Crippen molar-refractivity contribution in [2.45, 2.75) is 32.2 Å². The number of likely N-dealkylation sites (tertiary alicyclic amines) is 1. The standard InChI is InChI=1S/C15H17ClFNO3/c1-2-18-12(19)8-3-5-9(15(20)21)14(18)13-10(16)6-4-7-11(13)17/h4,6-7,9,14H,2-3,5,8H2,1H3,(H,20,21). The Bertz CT molecular complexity index is 542. The van der Waals surface area contributed by atoms with Crippen molar-refractivity contribution >= 4 is 23.5 Å². The minimum atomic E-state index is -1.03. The quantitative estimate of drug-likeness (QED) is 0.932. The van der Waals surface area contributed by atoms with Crippen LogP contribution in [0.2, 0.25) is 5.02 Å². The van der Waals surface area contributed by atoms with E-state index in [1.165, 1.54) is 23.1 Å². The van der Waals surface area contributed by atoms with Crippen molar-refractivity contribution in [3.8, 4) is 0 Å². The van der Waals surface area contributed by atoms with Gasteiger partial charge in [-0.05, 0) is 31.9 Å². The molecule has 0 radical (unpaired) electrons. The van der Waals surface area contributed by atoms with Crippen LogP contribution in [0.15, 0.2) is 18.2 Å². The number of carbonyl (C=O) groups is 2. The molecular formula is C15H17ClFNO3. The van der Waals surface area contributed by atoms with E-state index >= 15 is 0 Å². The Balaban J connectivity index is 2.59. The smallest absolute Gasteiger partial charge is 0.308 e. The fraction of sp³-hybridized carbons (Fsp3) is 0.467. The number of carboxylic acids is 1. The molecule has 2 atom stereocenters. The lowest BCUT2D eigenvalue weighted by molar-refractivity contribution is -0.146. The van der Waals surface area contributed by atoms with E-state index < -0.39 is 23.7 Å². The summed E-state index contributed by atoms with van der Waals surface area (Å²) in [7, 11) is 0.